The van der Waals surface area contributed by atoms with Gasteiger partial charge in [-0.1, -0.05) is 0 Å². The van der Waals surface area contributed by atoms with E-state index in [9.17, 15) is 24.3 Å². The number of aryl methyl sites for hydroxylation is 2. The number of amides is 2. The van der Waals surface area contributed by atoms with Crippen molar-refractivity contribution in [3.63, 3.8) is 0 Å². The predicted molar refractivity (Wildman–Crippen MR) is 114 cm³/mol. The summed E-state index contributed by atoms with van der Waals surface area (Å²) < 4.78 is 1.13. The first-order valence-electron chi connectivity index (χ1n) is 9.24. The molecule has 0 unspecified atom stereocenters. The molecule has 1 aliphatic carbocycles. The maximum absolute atomic E-state index is 12.9. The quantitative estimate of drug-likeness (QED) is 0.548. The predicted octanol–water partition coefficient (Wildman–Crippen LogP) is 2.14. The van der Waals surface area contributed by atoms with Gasteiger partial charge in [0.05, 0.1) is 16.5 Å². The monoisotopic (exact) mass is 446 g/mol. The number of anilines is 1. The molecule has 3 aromatic rings. The van der Waals surface area contributed by atoms with Crippen LogP contribution in [-0.4, -0.2) is 32.4 Å². The van der Waals surface area contributed by atoms with E-state index in [1.54, 1.807) is 6.92 Å². The minimum Gasteiger partial charge on any atom is -0.478 e. The van der Waals surface area contributed by atoms with Gasteiger partial charge >= 0.3 is 5.97 Å². The van der Waals surface area contributed by atoms with Gasteiger partial charge in [0, 0.05) is 10.3 Å². The number of rotatable bonds is 5. The number of nitrogens with one attached hydrogen (secondary N) is 1. The first-order chi connectivity index (χ1) is 14.3. The Hall–Kier alpha value is -3.05. The lowest BCUT2D eigenvalue weighted by Gasteiger charge is -2.11. The standard InChI is InChI=1S/C19H18N4O5S2/c1-8-21-16-14(10(7-29-16)19(27)28)18(26)23(8)6-12(24)22-17-13(15(20)25)9-4-2-3-5-11(9)30-17/h7H,2-6H2,1H3,(H2,20,25)(H,22,24)(H,27,28). The second kappa shape index (κ2) is 7.65. The van der Waals surface area contributed by atoms with E-state index in [4.69, 9.17) is 5.73 Å². The summed E-state index contributed by atoms with van der Waals surface area (Å²) in [6, 6.07) is 0. The highest BCUT2D eigenvalue weighted by atomic mass is 32.1. The van der Waals surface area contributed by atoms with Crippen LogP contribution in [0.1, 0.15) is 49.8 Å². The number of aromatic nitrogens is 2. The summed E-state index contributed by atoms with van der Waals surface area (Å²) in [5.74, 6) is -2.04. The largest absolute Gasteiger partial charge is 0.478 e. The van der Waals surface area contributed by atoms with Crippen LogP contribution in [0.2, 0.25) is 0 Å². The second-order valence-corrected chi connectivity index (χ2v) is 8.98. The molecule has 0 saturated heterocycles. The smallest absolute Gasteiger partial charge is 0.337 e. The van der Waals surface area contributed by atoms with Crippen LogP contribution < -0.4 is 16.6 Å². The Morgan fingerprint density at radius 3 is 2.73 bits per heavy atom. The van der Waals surface area contributed by atoms with Gasteiger partial charge in [-0.05, 0) is 38.2 Å². The van der Waals surface area contributed by atoms with Crippen molar-refractivity contribution in [1.82, 2.24) is 9.55 Å². The highest BCUT2D eigenvalue weighted by Gasteiger charge is 2.25. The molecule has 0 aromatic carbocycles. The van der Waals surface area contributed by atoms with Crippen molar-refractivity contribution in [1.29, 1.82) is 0 Å². The Morgan fingerprint density at radius 2 is 2.03 bits per heavy atom. The topological polar surface area (TPSA) is 144 Å². The number of primary amides is 1. The molecule has 0 bridgehead atoms. The molecule has 0 aliphatic heterocycles. The summed E-state index contributed by atoms with van der Waals surface area (Å²) in [7, 11) is 0. The van der Waals surface area contributed by atoms with E-state index in [-0.39, 0.29) is 17.5 Å². The molecule has 4 N–H and O–H groups in total. The summed E-state index contributed by atoms with van der Waals surface area (Å²) in [5.41, 5.74) is 6.06. The fraction of sp³-hybridized carbons (Fsp3) is 0.316. The summed E-state index contributed by atoms with van der Waals surface area (Å²) >= 11 is 2.40. The number of aromatic carboxylic acids is 1. The molecule has 0 fully saturated rings. The average Bonchev–Trinajstić information content (AvgIpc) is 3.26. The van der Waals surface area contributed by atoms with E-state index in [0.717, 1.165) is 52.0 Å². The first kappa shape index (κ1) is 20.2. The molecular weight excluding hydrogens is 428 g/mol. The lowest BCUT2D eigenvalue weighted by molar-refractivity contribution is -0.116. The van der Waals surface area contributed by atoms with E-state index in [1.165, 1.54) is 16.7 Å². The van der Waals surface area contributed by atoms with E-state index in [1.807, 2.05) is 0 Å². The van der Waals surface area contributed by atoms with Gasteiger partial charge in [0.25, 0.3) is 11.5 Å². The van der Waals surface area contributed by atoms with Gasteiger partial charge in [-0.2, -0.15) is 0 Å². The van der Waals surface area contributed by atoms with Crippen LogP contribution in [0.25, 0.3) is 10.2 Å². The molecule has 0 spiro atoms. The number of hydrogen-bond acceptors (Lipinski definition) is 7. The maximum atomic E-state index is 12.9. The second-order valence-electron chi connectivity index (χ2n) is 7.01. The number of hydrogen-bond donors (Lipinski definition) is 3. The summed E-state index contributed by atoms with van der Waals surface area (Å²) in [4.78, 5) is 54.6. The van der Waals surface area contributed by atoms with Crippen molar-refractivity contribution < 1.29 is 19.5 Å². The number of fused-ring (bicyclic) bond motifs is 2. The molecule has 0 radical (unpaired) electrons. The van der Waals surface area contributed by atoms with E-state index < -0.39 is 23.3 Å². The zero-order valence-corrected chi connectivity index (χ0v) is 17.6. The molecule has 3 aromatic heterocycles. The number of carbonyl (C=O) groups is 3. The molecule has 4 rings (SSSR count). The number of nitrogens with two attached hydrogens (primary N) is 1. The van der Waals surface area contributed by atoms with Crippen molar-refractivity contribution in [2.24, 2.45) is 5.73 Å². The number of thiophene rings is 2. The van der Waals surface area contributed by atoms with Crippen molar-refractivity contribution in [2.75, 3.05) is 5.32 Å². The SMILES string of the molecule is Cc1nc2scc(C(=O)O)c2c(=O)n1CC(=O)Nc1sc2c(c1C(N)=O)CCCC2. The van der Waals surface area contributed by atoms with Crippen LogP contribution in [0, 0.1) is 6.92 Å². The lowest BCUT2D eigenvalue weighted by atomic mass is 9.95. The normalized spacial score (nSPS) is 13.2. The Labute approximate surface area is 178 Å². The summed E-state index contributed by atoms with van der Waals surface area (Å²) in [6.07, 6.45) is 3.57. The van der Waals surface area contributed by atoms with E-state index in [0.29, 0.717) is 21.2 Å². The number of carboxylic acid groups (broad SMARTS) is 1. The Morgan fingerprint density at radius 1 is 1.30 bits per heavy atom. The molecule has 0 saturated carbocycles. The third-order valence-corrected chi connectivity index (χ3v) is 7.17. The number of nitrogens with zero attached hydrogens (tertiary/aromatic N) is 2. The van der Waals surface area contributed by atoms with Gasteiger partial charge in [0.1, 0.15) is 22.2 Å². The Balaban J connectivity index is 1.67. The van der Waals surface area contributed by atoms with Gasteiger partial charge < -0.3 is 16.2 Å². The van der Waals surface area contributed by atoms with Gasteiger partial charge in [0.15, 0.2) is 0 Å². The van der Waals surface area contributed by atoms with Crippen molar-refractivity contribution in [3.8, 4) is 0 Å². The zero-order chi connectivity index (χ0) is 21.6. The highest BCUT2D eigenvalue weighted by Crippen LogP contribution is 2.37. The van der Waals surface area contributed by atoms with Gasteiger partial charge in [-0.3, -0.25) is 19.0 Å². The number of carboxylic acids is 1. The van der Waals surface area contributed by atoms with Crippen molar-refractivity contribution >= 4 is 55.7 Å². The first-order valence-corrected chi connectivity index (χ1v) is 10.9. The summed E-state index contributed by atoms with van der Waals surface area (Å²) in [6.45, 7) is 1.22. The van der Waals surface area contributed by atoms with Crippen LogP contribution >= 0.6 is 22.7 Å². The molecule has 1 aliphatic rings. The third-order valence-electron chi connectivity index (χ3n) is 5.09. The van der Waals surface area contributed by atoms with Crippen LogP contribution in [0.15, 0.2) is 10.2 Å². The maximum Gasteiger partial charge on any atom is 0.337 e. The molecular formula is C19H18N4O5S2. The molecule has 9 nitrogen and oxygen atoms in total. The molecule has 11 heteroatoms. The molecule has 2 amide bonds. The van der Waals surface area contributed by atoms with Crippen LogP contribution in [0.3, 0.4) is 0 Å². The minimum atomic E-state index is -1.23. The van der Waals surface area contributed by atoms with E-state index in [2.05, 4.69) is 10.3 Å². The van der Waals surface area contributed by atoms with Gasteiger partial charge in [-0.15, -0.1) is 22.7 Å². The van der Waals surface area contributed by atoms with Crippen molar-refractivity contribution in [3.05, 3.63) is 43.1 Å². The molecule has 156 valence electrons. The molecule has 3 heterocycles. The Kier molecular flexibility index (Phi) is 5.16. The molecule has 30 heavy (non-hydrogen) atoms. The van der Waals surface area contributed by atoms with E-state index >= 15 is 0 Å². The van der Waals surface area contributed by atoms with Gasteiger partial charge in [0.2, 0.25) is 5.91 Å². The molecule has 0 atom stereocenters. The minimum absolute atomic E-state index is 0.0182. The Bertz CT molecular complexity index is 1270. The fourth-order valence-electron chi connectivity index (χ4n) is 3.69. The third kappa shape index (κ3) is 3.39. The van der Waals surface area contributed by atoms with Gasteiger partial charge in [-0.25, -0.2) is 9.78 Å². The summed E-state index contributed by atoms with van der Waals surface area (Å²) in [5, 5.41) is 13.7. The number of carbonyl (C=O) groups excluding carboxylic acids is 2. The lowest BCUT2D eigenvalue weighted by Crippen LogP contribution is -2.30. The van der Waals surface area contributed by atoms with Crippen molar-refractivity contribution in [2.45, 2.75) is 39.2 Å². The van der Waals surface area contributed by atoms with Crippen LogP contribution in [-0.2, 0) is 24.2 Å². The zero-order valence-electron chi connectivity index (χ0n) is 16.0. The van der Waals surface area contributed by atoms with Crippen LogP contribution in [0.4, 0.5) is 5.00 Å². The average molecular weight is 447 g/mol. The van der Waals surface area contributed by atoms with Crippen LogP contribution in [0.5, 0.6) is 0 Å². The highest BCUT2D eigenvalue weighted by molar-refractivity contribution is 7.17. The fourth-order valence-corrected chi connectivity index (χ4v) is 5.95.